The molecule has 21 heavy (non-hydrogen) atoms. The normalized spacial score (nSPS) is 23.0. The van der Waals surface area contributed by atoms with E-state index in [1.54, 1.807) is 0 Å². The number of carboxylic acids is 1. The van der Waals surface area contributed by atoms with Gasteiger partial charge in [-0.25, -0.2) is 9.59 Å². The zero-order chi connectivity index (χ0) is 16.0. The van der Waals surface area contributed by atoms with Gasteiger partial charge in [0.25, 0.3) is 5.91 Å². The monoisotopic (exact) mass is 296 g/mol. The zero-order valence-electron chi connectivity index (χ0n) is 12.9. The summed E-state index contributed by atoms with van der Waals surface area (Å²) in [5, 5.41) is 13.6. The lowest BCUT2D eigenvalue weighted by molar-refractivity contribution is -0.133. The Morgan fingerprint density at radius 3 is 2.14 bits per heavy atom. The molecule has 0 unspecified atom stereocenters. The van der Waals surface area contributed by atoms with Crippen molar-refractivity contribution in [2.75, 3.05) is 6.54 Å². The summed E-state index contributed by atoms with van der Waals surface area (Å²) < 4.78 is 0. The van der Waals surface area contributed by atoms with Crippen LogP contribution < -0.4 is 10.6 Å². The zero-order valence-corrected chi connectivity index (χ0v) is 12.9. The molecular formula is C15H24N2O4. The van der Waals surface area contributed by atoms with E-state index in [0.29, 0.717) is 12.5 Å². The fourth-order valence-electron chi connectivity index (χ4n) is 2.34. The molecule has 3 amide bonds. The van der Waals surface area contributed by atoms with E-state index >= 15 is 0 Å². The lowest BCUT2D eigenvalue weighted by Gasteiger charge is -2.26. The van der Waals surface area contributed by atoms with Crippen molar-refractivity contribution in [1.29, 1.82) is 0 Å². The molecular weight excluding hydrogens is 272 g/mol. The third kappa shape index (κ3) is 5.57. The number of amides is 3. The van der Waals surface area contributed by atoms with E-state index in [1.165, 1.54) is 26.7 Å². The Labute approximate surface area is 125 Å². The lowest BCUT2D eigenvalue weighted by atomic mass is 9.83. The average molecular weight is 296 g/mol. The summed E-state index contributed by atoms with van der Waals surface area (Å²) in [6, 6.07) is -0.573. The van der Waals surface area contributed by atoms with Crippen molar-refractivity contribution < 1.29 is 19.5 Å². The Morgan fingerprint density at radius 1 is 1.05 bits per heavy atom. The summed E-state index contributed by atoms with van der Waals surface area (Å²) in [4.78, 5) is 34.1. The number of carboxylic acid groups (broad SMARTS) is 1. The van der Waals surface area contributed by atoms with Gasteiger partial charge in [-0.3, -0.25) is 10.1 Å². The first-order chi connectivity index (χ1) is 9.81. The molecule has 0 heterocycles. The fraction of sp³-hybridized carbons (Fsp3) is 0.667. The quantitative estimate of drug-likeness (QED) is 0.692. The molecule has 1 aliphatic carbocycles. The van der Waals surface area contributed by atoms with Crippen LogP contribution in [0.4, 0.5) is 4.79 Å². The van der Waals surface area contributed by atoms with Crippen molar-refractivity contribution in [3.05, 3.63) is 11.1 Å². The minimum Gasteiger partial charge on any atom is -0.478 e. The average Bonchev–Trinajstić information content (AvgIpc) is 2.44. The molecule has 0 radical (unpaired) electrons. The first-order valence-corrected chi connectivity index (χ1v) is 7.31. The number of carbonyl (C=O) groups excluding carboxylic acids is 2. The van der Waals surface area contributed by atoms with E-state index in [1.807, 2.05) is 0 Å². The Bertz CT molecular complexity index is 449. The van der Waals surface area contributed by atoms with Gasteiger partial charge in [0.05, 0.1) is 0 Å². The summed E-state index contributed by atoms with van der Waals surface area (Å²) in [5.74, 6) is -0.632. The second kappa shape index (κ2) is 7.81. The third-order valence-electron chi connectivity index (χ3n) is 4.14. The Morgan fingerprint density at radius 2 is 1.62 bits per heavy atom. The van der Waals surface area contributed by atoms with Gasteiger partial charge in [-0.2, -0.15) is 0 Å². The minimum absolute atomic E-state index is 0.0316. The Balaban J connectivity index is 2.38. The highest BCUT2D eigenvalue weighted by molar-refractivity contribution is 6.07. The molecule has 3 N–H and O–H groups in total. The molecule has 118 valence electrons. The largest absolute Gasteiger partial charge is 0.478 e. The number of hydrogen-bond donors (Lipinski definition) is 3. The summed E-state index contributed by atoms with van der Waals surface area (Å²) in [6.07, 6.45) is 4.53. The number of aliphatic carboxylic acids is 1. The topological polar surface area (TPSA) is 95.5 Å². The van der Waals surface area contributed by atoms with Gasteiger partial charge in [0, 0.05) is 17.7 Å². The van der Waals surface area contributed by atoms with Gasteiger partial charge in [-0.15, -0.1) is 0 Å². The van der Waals surface area contributed by atoms with Gasteiger partial charge in [0.2, 0.25) is 0 Å². The van der Waals surface area contributed by atoms with Crippen LogP contribution in [-0.4, -0.2) is 29.6 Å². The Hall–Kier alpha value is -1.85. The van der Waals surface area contributed by atoms with Crippen LogP contribution in [0, 0.1) is 11.8 Å². The summed E-state index contributed by atoms with van der Waals surface area (Å²) in [7, 11) is 0. The summed E-state index contributed by atoms with van der Waals surface area (Å²) in [6.45, 7) is 5.49. The van der Waals surface area contributed by atoms with Crippen molar-refractivity contribution in [3.63, 3.8) is 0 Å². The molecule has 0 bridgehead atoms. The van der Waals surface area contributed by atoms with E-state index in [9.17, 15) is 14.4 Å². The second-order valence-electron chi connectivity index (χ2n) is 5.85. The second-order valence-corrected chi connectivity index (χ2v) is 5.85. The molecule has 0 aromatic rings. The van der Waals surface area contributed by atoms with E-state index in [2.05, 4.69) is 17.6 Å². The maximum Gasteiger partial charge on any atom is 0.331 e. The van der Waals surface area contributed by atoms with Crippen LogP contribution in [0.2, 0.25) is 0 Å². The van der Waals surface area contributed by atoms with Crippen molar-refractivity contribution >= 4 is 17.9 Å². The molecule has 1 fully saturated rings. The lowest BCUT2D eigenvalue weighted by Crippen LogP contribution is -2.42. The van der Waals surface area contributed by atoms with Crippen molar-refractivity contribution in [2.45, 2.75) is 46.5 Å². The van der Waals surface area contributed by atoms with Crippen LogP contribution in [0.3, 0.4) is 0 Å². The predicted molar refractivity (Wildman–Crippen MR) is 78.7 cm³/mol. The maximum atomic E-state index is 11.7. The molecule has 0 aromatic heterocycles. The van der Waals surface area contributed by atoms with Crippen molar-refractivity contribution in [3.8, 4) is 0 Å². The highest BCUT2D eigenvalue weighted by Gasteiger charge is 2.19. The summed E-state index contributed by atoms with van der Waals surface area (Å²) in [5.41, 5.74) is -0.0364. The fourth-order valence-corrected chi connectivity index (χ4v) is 2.34. The number of carbonyl (C=O) groups is 3. The first-order valence-electron chi connectivity index (χ1n) is 7.31. The molecule has 0 atom stereocenters. The van der Waals surface area contributed by atoms with Crippen molar-refractivity contribution in [2.24, 2.45) is 11.8 Å². The number of imide groups is 1. The van der Waals surface area contributed by atoms with E-state index in [0.717, 1.165) is 18.8 Å². The van der Waals surface area contributed by atoms with Gasteiger partial charge >= 0.3 is 12.0 Å². The van der Waals surface area contributed by atoms with Crippen LogP contribution in [0.1, 0.15) is 46.5 Å². The third-order valence-corrected chi connectivity index (χ3v) is 4.14. The van der Waals surface area contributed by atoms with Crippen molar-refractivity contribution in [1.82, 2.24) is 10.6 Å². The molecule has 0 spiro atoms. The van der Waals surface area contributed by atoms with Crippen LogP contribution >= 0.6 is 0 Å². The van der Waals surface area contributed by atoms with Gasteiger partial charge < -0.3 is 10.4 Å². The standard InChI is InChI=1S/C15H24N2O4/c1-9-4-6-12(7-5-9)8-16-15(21)17-13(18)10(2)11(3)14(19)20/h9,12H,4-8H2,1-3H3,(H,19,20)(H2,16,17,18,21). The maximum absolute atomic E-state index is 11.7. The van der Waals surface area contributed by atoms with Crippen LogP contribution in [0.5, 0.6) is 0 Å². The molecule has 1 rings (SSSR count). The molecule has 0 aromatic carbocycles. The highest BCUT2D eigenvalue weighted by Crippen LogP contribution is 2.27. The van der Waals surface area contributed by atoms with Crippen LogP contribution in [0.15, 0.2) is 11.1 Å². The highest BCUT2D eigenvalue weighted by atomic mass is 16.4. The molecule has 1 saturated carbocycles. The van der Waals surface area contributed by atoms with E-state index < -0.39 is 17.9 Å². The van der Waals surface area contributed by atoms with Gasteiger partial charge in [0.15, 0.2) is 0 Å². The van der Waals surface area contributed by atoms with E-state index in [-0.39, 0.29) is 11.1 Å². The number of nitrogens with one attached hydrogen (secondary N) is 2. The Kier molecular flexibility index (Phi) is 6.39. The SMILES string of the molecule is CC(C(=O)O)=C(C)C(=O)NC(=O)NCC1CCC(C)CC1. The molecule has 6 nitrogen and oxygen atoms in total. The van der Waals surface area contributed by atoms with E-state index in [4.69, 9.17) is 5.11 Å². The van der Waals surface area contributed by atoms with Crippen LogP contribution in [-0.2, 0) is 9.59 Å². The van der Waals surface area contributed by atoms with Gasteiger partial charge in [-0.05, 0) is 38.5 Å². The predicted octanol–water partition coefficient (Wildman–Crippen LogP) is 2.06. The van der Waals surface area contributed by atoms with Crippen LogP contribution in [0.25, 0.3) is 0 Å². The molecule has 6 heteroatoms. The molecule has 1 aliphatic rings. The minimum atomic E-state index is -1.17. The number of hydrogen-bond acceptors (Lipinski definition) is 3. The summed E-state index contributed by atoms with van der Waals surface area (Å²) >= 11 is 0. The number of rotatable bonds is 4. The van der Waals surface area contributed by atoms with Gasteiger partial charge in [0.1, 0.15) is 0 Å². The van der Waals surface area contributed by atoms with Gasteiger partial charge in [-0.1, -0.05) is 19.8 Å². The smallest absolute Gasteiger partial charge is 0.331 e. The number of urea groups is 1. The first kappa shape index (κ1) is 17.2. The molecule has 0 saturated heterocycles. The molecule has 0 aliphatic heterocycles.